The number of nitro benzene ring substituents is 1. The first-order valence-corrected chi connectivity index (χ1v) is 15.3. The van der Waals surface area contributed by atoms with E-state index < -0.39 is 37.1 Å². The normalized spacial score (nSPS) is 16.4. The predicted octanol–water partition coefficient (Wildman–Crippen LogP) is 4.24. The van der Waals surface area contributed by atoms with Gasteiger partial charge in [-0.15, -0.1) is 0 Å². The van der Waals surface area contributed by atoms with Gasteiger partial charge in [0.1, 0.15) is 22.7 Å². The fourth-order valence-electron chi connectivity index (χ4n) is 5.37. The Balaban J connectivity index is 1.27. The second-order valence-corrected chi connectivity index (χ2v) is 12.3. The van der Waals surface area contributed by atoms with Gasteiger partial charge in [-0.05, 0) is 36.4 Å². The molecule has 0 bridgehead atoms. The summed E-state index contributed by atoms with van der Waals surface area (Å²) in [6, 6.07) is 13.0. The number of alkyl halides is 1. The standard InChI is InChI=1S/C29H27FN6O7S/c30-29(9-13-43-14-10-29)17-32-21-6-5-19(16-23(21)36(39)40)44(41,42)34-28(38)20-3-1-2-4-22(20)35-12-8-25(37)26-24(35)15-18-7-11-31-27(18)33-26/h1-7,11,15-16,32H,8-10,12-14,17H2,(H,31,33)(H,34,38). The average molecular weight is 623 g/mol. The lowest BCUT2D eigenvalue weighted by Gasteiger charge is -2.31. The second-order valence-electron chi connectivity index (χ2n) is 10.6. The molecule has 6 rings (SSSR count). The van der Waals surface area contributed by atoms with Crippen molar-refractivity contribution >= 4 is 55.5 Å². The molecule has 1 fully saturated rings. The number of nitrogens with one attached hydrogen (secondary N) is 3. The molecule has 15 heteroatoms. The third-order valence-electron chi connectivity index (χ3n) is 7.76. The number of nitrogens with zero attached hydrogens (tertiary/aromatic N) is 3. The largest absolute Gasteiger partial charge is 0.381 e. The summed E-state index contributed by atoms with van der Waals surface area (Å²) >= 11 is 0. The molecule has 4 heterocycles. The number of H-pyrrole nitrogens is 1. The number of fused-ring (bicyclic) bond motifs is 2. The van der Waals surface area contributed by atoms with Gasteiger partial charge in [0.05, 0.1) is 26.8 Å². The minimum atomic E-state index is -4.58. The Kier molecular flexibility index (Phi) is 7.51. The molecular formula is C29H27FN6O7S. The number of benzene rings is 2. The van der Waals surface area contributed by atoms with E-state index in [1.807, 2.05) is 4.72 Å². The number of carbonyl (C=O) groups is 2. The smallest absolute Gasteiger partial charge is 0.293 e. The lowest BCUT2D eigenvalue weighted by Crippen LogP contribution is -2.38. The molecule has 13 nitrogen and oxygen atoms in total. The van der Waals surface area contributed by atoms with Crippen molar-refractivity contribution in [3.63, 3.8) is 0 Å². The van der Waals surface area contributed by atoms with Gasteiger partial charge in [-0.3, -0.25) is 19.7 Å². The average Bonchev–Trinajstić information content (AvgIpc) is 3.47. The molecule has 1 saturated heterocycles. The number of halogens is 1. The molecule has 0 radical (unpaired) electrons. The molecule has 0 saturated carbocycles. The first-order valence-electron chi connectivity index (χ1n) is 13.8. The molecule has 2 aliphatic heterocycles. The van der Waals surface area contributed by atoms with Crippen LogP contribution in [0.3, 0.4) is 0 Å². The van der Waals surface area contributed by atoms with Gasteiger partial charge >= 0.3 is 0 Å². The van der Waals surface area contributed by atoms with Crippen LogP contribution < -0.4 is 14.9 Å². The summed E-state index contributed by atoms with van der Waals surface area (Å²) in [6.45, 7) is 0.480. The van der Waals surface area contributed by atoms with Crippen LogP contribution in [0.1, 0.15) is 40.1 Å². The molecular weight excluding hydrogens is 595 g/mol. The molecule has 0 spiro atoms. The first kappa shape index (κ1) is 29.2. The van der Waals surface area contributed by atoms with Crippen molar-refractivity contribution in [2.24, 2.45) is 0 Å². The summed E-state index contributed by atoms with van der Waals surface area (Å²) in [5.74, 6) is -1.13. The van der Waals surface area contributed by atoms with Crippen LogP contribution >= 0.6 is 0 Å². The Morgan fingerprint density at radius 1 is 1.14 bits per heavy atom. The third-order valence-corrected chi connectivity index (χ3v) is 9.09. The topological polar surface area (TPSA) is 177 Å². The number of pyridine rings is 1. The van der Waals surface area contributed by atoms with E-state index in [9.17, 15) is 28.1 Å². The van der Waals surface area contributed by atoms with Crippen LogP contribution in [0.5, 0.6) is 0 Å². The van der Waals surface area contributed by atoms with Gasteiger partial charge in [0, 0.05) is 63.2 Å². The number of nitro groups is 1. The highest BCUT2D eigenvalue weighted by molar-refractivity contribution is 7.90. The van der Waals surface area contributed by atoms with Crippen molar-refractivity contribution in [1.29, 1.82) is 0 Å². The van der Waals surface area contributed by atoms with Crippen LogP contribution in [-0.4, -0.2) is 67.0 Å². The molecule has 3 N–H and O–H groups in total. The Hall–Kier alpha value is -4.89. The van der Waals surface area contributed by atoms with Crippen LogP contribution in [0.4, 0.5) is 27.1 Å². The van der Waals surface area contributed by atoms with Gasteiger partial charge in [0.15, 0.2) is 5.78 Å². The van der Waals surface area contributed by atoms with E-state index in [2.05, 4.69) is 15.3 Å². The van der Waals surface area contributed by atoms with E-state index in [1.165, 1.54) is 12.1 Å². The van der Waals surface area contributed by atoms with E-state index in [4.69, 9.17) is 4.74 Å². The van der Waals surface area contributed by atoms with Crippen molar-refractivity contribution in [2.45, 2.75) is 29.8 Å². The maximum absolute atomic E-state index is 15.0. The number of hydrogen-bond acceptors (Lipinski definition) is 10. The highest BCUT2D eigenvalue weighted by atomic mass is 32.2. The Morgan fingerprint density at radius 3 is 2.68 bits per heavy atom. The Labute approximate surface area is 250 Å². The van der Waals surface area contributed by atoms with Crippen LogP contribution in [0.2, 0.25) is 0 Å². The maximum Gasteiger partial charge on any atom is 0.293 e. The number of ketones is 1. The van der Waals surface area contributed by atoms with E-state index in [0.29, 0.717) is 17.0 Å². The van der Waals surface area contributed by atoms with Crippen molar-refractivity contribution in [1.82, 2.24) is 14.7 Å². The molecule has 2 aromatic carbocycles. The molecule has 228 valence electrons. The van der Waals surface area contributed by atoms with E-state index in [0.717, 1.165) is 17.5 Å². The summed E-state index contributed by atoms with van der Waals surface area (Å²) < 4.78 is 48.7. The Morgan fingerprint density at radius 2 is 1.91 bits per heavy atom. The number of sulfonamides is 1. The number of carbonyl (C=O) groups excluding carboxylic acids is 2. The lowest BCUT2D eigenvalue weighted by molar-refractivity contribution is -0.384. The van der Waals surface area contributed by atoms with Gasteiger partial charge in [-0.1, -0.05) is 12.1 Å². The minimum absolute atomic E-state index is 0.00281. The van der Waals surface area contributed by atoms with Crippen molar-refractivity contribution in [3.8, 4) is 0 Å². The van der Waals surface area contributed by atoms with Gasteiger partial charge in [-0.2, -0.15) is 0 Å². The quantitative estimate of drug-likeness (QED) is 0.190. The lowest BCUT2D eigenvalue weighted by atomic mass is 9.96. The van der Waals surface area contributed by atoms with Crippen molar-refractivity contribution in [2.75, 3.05) is 36.5 Å². The number of rotatable bonds is 8. The molecule has 2 aromatic heterocycles. The third kappa shape index (κ3) is 5.58. The zero-order chi connectivity index (χ0) is 31.1. The van der Waals surface area contributed by atoms with E-state index >= 15 is 4.39 Å². The number of aromatic amines is 1. The zero-order valence-corrected chi connectivity index (χ0v) is 24.0. The van der Waals surface area contributed by atoms with Crippen LogP contribution in [0, 0.1) is 10.1 Å². The first-order chi connectivity index (χ1) is 21.0. The van der Waals surface area contributed by atoms with Crippen molar-refractivity contribution in [3.05, 3.63) is 82.2 Å². The minimum Gasteiger partial charge on any atom is -0.381 e. The zero-order valence-electron chi connectivity index (χ0n) is 23.2. The summed E-state index contributed by atoms with van der Waals surface area (Å²) in [7, 11) is -4.58. The summed E-state index contributed by atoms with van der Waals surface area (Å²) in [6.07, 6.45) is 2.07. The number of hydrogen-bond donors (Lipinski definition) is 3. The number of anilines is 3. The number of aromatic nitrogens is 2. The monoisotopic (exact) mass is 622 g/mol. The summed E-state index contributed by atoms with van der Waals surface area (Å²) in [4.78, 5) is 45.8. The van der Waals surface area contributed by atoms with Gasteiger partial charge in [0.25, 0.3) is 21.6 Å². The number of ether oxygens (including phenoxy) is 1. The highest BCUT2D eigenvalue weighted by Crippen LogP contribution is 2.37. The fraction of sp³-hybridized carbons (Fsp3) is 0.276. The number of amides is 1. The Bertz CT molecular complexity index is 1910. The molecule has 1 amide bonds. The molecule has 44 heavy (non-hydrogen) atoms. The molecule has 2 aliphatic rings. The van der Waals surface area contributed by atoms with Crippen LogP contribution in [-0.2, 0) is 14.8 Å². The van der Waals surface area contributed by atoms with Gasteiger partial charge in [-0.25, -0.2) is 22.5 Å². The van der Waals surface area contributed by atoms with Gasteiger partial charge < -0.3 is 19.9 Å². The highest BCUT2D eigenvalue weighted by Gasteiger charge is 2.34. The number of para-hydroxylation sites is 1. The maximum atomic E-state index is 15.0. The van der Waals surface area contributed by atoms with E-state index in [-0.39, 0.29) is 68.3 Å². The molecule has 0 atom stereocenters. The van der Waals surface area contributed by atoms with Crippen LogP contribution in [0.25, 0.3) is 11.0 Å². The molecule has 0 aliphatic carbocycles. The van der Waals surface area contributed by atoms with Gasteiger partial charge in [0.2, 0.25) is 0 Å². The van der Waals surface area contributed by atoms with Crippen LogP contribution in [0.15, 0.2) is 65.7 Å². The predicted molar refractivity (Wildman–Crippen MR) is 159 cm³/mol. The van der Waals surface area contributed by atoms with Crippen molar-refractivity contribution < 1.29 is 32.1 Å². The number of Topliss-reactive ketones (excluding diaryl/α,β-unsaturated/α-hetero) is 1. The second kappa shape index (κ2) is 11.3. The SMILES string of the molecule is O=C(NS(=O)(=O)c1ccc(NCC2(F)CCOCC2)c([N+](=O)[O-])c1)c1ccccc1N1CCC(=O)c2nc3[nH]ccc3cc21. The fourth-order valence-corrected chi connectivity index (χ4v) is 6.35. The molecule has 0 unspecified atom stereocenters. The molecule has 4 aromatic rings. The van der Waals surface area contributed by atoms with E-state index in [1.54, 1.807) is 41.4 Å². The summed E-state index contributed by atoms with van der Waals surface area (Å²) in [5, 5.41) is 15.3. The summed E-state index contributed by atoms with van der Waals surface area (Å²) in [5.41, 5.74) is -0.667.